The van der Waals surface area contributed by atoms with Crippen LogP contribution in [0, 0.1) is 0 Å². The van der Waals surface area contributed by atoms with E-state index in [0.29, 0.717) is 17.5 Å². The van der Waals surface area contributed by atoms with Gasteiger partial charge in [-0.15, -0.1) is 0 Å². The summed E-state index contributed by atoms with van der Waals surface area (Å²) in [5.41, 5.74) is 13.4. The fourth-order valence-corrected chi connectivity index (χ4v) is 8.27. The fraction of sp³-hybridized carbons (Fsp3) is 0.0625. The molecule has 7 aromatic carbocycles. The van der Waals surface area contributed by atoms with Gasteiger partial charge in [0.1, 0.15) is 22.3 Å². The number of hydrogen-bond acceptors (Lipinski definition) is 5. The lowest BCUT2D eigenvalue weighted by molar-refractivity contribution is 0.658. The number of para-hydroxylation sites is 2. The Bertz CT molecular complexity index is 3100. The van der Waals surface area contributed by atoms with Gasteiger partial charge in [-0.25, -0.2) is 15.0 Å². The van der Waals surface area contributed by atoms with Crippen molar-refractivity contribution in [3.8, 4) is 56.4 Å². The van der Waals surface area contributed by atoms with E-state index in [4.69, 9.17) is 23.8 Å². The summed E-state index contributed by atoms with van der Waals surface area (Å²) in [6.45, 7) is 4.65. The van der Waals surface area contributed by atoms with Gasteiger partial charge >= 0.3 is 0 Å². The summed E-state index contributed by atoms with van der Waals surface area (Å²) in [5, 5.41) is 4.35. The molecule has 3 aromatic heterocycles. The molecule has 10 aromatic rings. The van der Waals surface area contributed by atoms with Crippen LogP contribution in [-0.2, 0) is 5.41 Å². The Morgan fingerprint density at radius 1 is 0.377 bits per heavy atom. The van der Waals surface area contributed by atoms with Crippen LogP contribution in [0.2, 0.25) is 0 Å². The maximum absolute atomic E-state index is 6.30. The SMILES string of the molecule is CC1(C)c2cc(-c3cccc(-c4nc(-c5ccccc5)nc(-c5cccc6oc7ccccc7c56)n4)c3)ccc2-c2cc3oc4ccccc4c3cc21. The second kappa shape index (κ2) is 11.1. The largest absolute Gasteiger partial charge is 0.456 e. The van der Waals surface area contributed by atoms with Gasteiger partial charge in [0.2, 0.25) is 0 Å². The quantitative estimate of drug-likeness (QED) is 0.185. The normalized spacial score (nSPS) is 13.2. The van der Waals surface area contributed by atoms with Crippen molar-refractivity contribution in [2.45, 2.75) is 19.3 Å². The van der Waals surface area contributed by atoms with Crippen LogP contribution in [-0.4, -0.2) is 15.0 Å². The van der Waals surface area contributed by atoms with Crippen LogP contribution >= 0.6 is 0 Å². The van der Waals surface area contributed by atoms with Crippen molar-refractivity contribution in [3.63, 3.8) is 0 Å². The van der Waals surface area contributed by atoms with Gasteiger partial charge in [-0.3, -0.25) is 0 Å². The van der Waals surface area contributed by atoms with Gasteiger partial charge in [-0.2, -0.15) is 0 Å². The zero-order valence-corrected chi connectivity index (χ0v) is 29.1. The van der Waals surface area contributed by atoms with Gasteiger partial charge in [0, 0.05) is 43.7 Å². The third-order valence-corrected chi connectivity index (χ3v) is 10.9. The minimum Gasteiger partial charge on any atom is -0.456 e. The highest BCUT2D eigenvalue weighted by molar-refractivity contribution is 6.12. The zero-order chi connectivity index (χ0) is 35.3. The van der Waals surface area contributed by atoms with Crippen molar-refractivity contribution in [3.05, 3.63) is 163 Å². The molecule has 3 heterocycles. The van der Waals surface area contributed by atoms with Crippen molar-refractivity contribution >= 4 is 43.9 Å². The van der Waals surface area contributed by atoms with Crippen molar-refractivity contribution in [2.24, 2.45) is 0 Å². The average Bonchev–Trinajstić information content (AvgIpc) is 3.84. The van der Waals surface area contributed by atoms with E-state index in [0.717, 1.165) is 71.7 Å². The van der Waals surface area contributed by atoms with Crippen LogP contribution < -0.4 is 0 Å². The molecule has 5 nitrogen and oxygen atoms in total. The monoisotopic (exact) mass is 681 g/mol. The number of rotatable bonds is 4. The molecule has 53 heavy (non-hydrogen) atoms. The van der Waals surface area contributed by atoms with Crippen molar-refractivity contribution in [2.75, 3.05) is 0 Å². The summed E-state index contributed by atoms with van der Waals surface area (Å²) in [5.74, 6) is 1.84. The summed E-state index contributed by atoms with van der Waals surface area (Å²) in [6.07, 6.45) is 0. The van der Waals surface area contributed by atoms with Gasteiger partial charge in [0.05, 0.1) is 0 Å². The topological polar surface area (TPSA) is 65.0 Å². The van der Waals surface area contributed by atoms with E-state index in [9.17, 15) is 0 Å². The minimum absolute atomic E-state index is 0.184. The molecule has 0 saturated carbocycles. The first kappa shape index (κ1) is 29.8. The molecular weight excluding hydrogens is 651 g/mol. The van der Waals surface area contributed by atoms with E-state index in [1.54, 1.807) is 0 Å². The van der Waals surface area contributed by atoms with Crippen LogP contribution in [0.25, 0.3) is 100 Å². The molecule has 250 valence electrons. The van der Waals surface area contributed by atoms with Crippen LogP contribution in [0.3, 0.4) is 0 Å². The van der Waals surface area contributed by atoms with Crippen molar-refractivity contribution in [1.82, 2.24) is 15.0 Å². The van der Waals surface area contributed by atoms with Gasteiger partial charge in [0.25, 0.3) is 0 Å². The third kappa shape index (κ3) is 4.54. The summed E-state index contributed by atoms with van der Waals surface area (Å²) in [7, 11) is 0. The second-order valence-corrected chi connectivity index (χ2v) is 14.4. The van der Waals surface area contributed by atoms with Crippen LogP contribution in [0.1, 0.15) is 25.0 Å². The fourth-order valence-electron chi connectivity index (χ4n) is 8.27. The highest BCUT2D eigenvalue weighted by atomic mass is 16.3. The Morgan fingerprint density at radius 3 is 1.83 bits per heavy atom. The van der Waals surface area contributed by atoms with Gasteiger partial charge in [-0.05, 0) is 75.8 Å². The Hall–Kier alpha value is -6.85. The average molecular weight is 682 g/mol. The van der Waals surface area contributed by atoms with E-state index in [-0.39, 0.29) is 5.41 Å². The van der Waals surface area contributed by atoms with Crippen molar-refractivity contribution < 1.29 is 8.83 Å². The maximum Gasteiger partial charge on any atom is 0.164 e. The number of nitrogens with zero attached hydrogens (tertiary/aromatic N) is 3. The minimum atomic E-state index is -0.184. The van der Waals surface area contributed by atoms with E-state index in [1.165, 1.54) is 22.3 Å². The summed E-state index contributed by atoms with van der Waals surface area (Å²) in [6, 6.07) is 52.5. The Labute approximate surface area is 305 Å². The predicted octanol–water partition coefficient (Wildman–Crippen LogP) is 12.6. The highest BCUT2D eigenvalue weighted by Crippen LogP contribution is 2.51. The van der Waals surface area contributed by atoms with E-state index in [1.807, 2.05) is 72.8 Å². The number of aromatic nitrogens is 3. The molecule has 0 radical (unpaired) electrons. The first-order chi connectivity index (χ1) is 26.0. The lowest BCUT2D eigenvalue weighted by atomic mass is 9.81. The summed E-state index contributed by atoms with van der Waals surface area (Å²) in [4.78, 5) is 15.3. The molecule has 0 spiro atoms. The third-order valence-electron chi connectivity index (χ3n) is 10.9. The maximum atomic E-state index is 6.30. The molecule has 0 unspecified atom stereocenters. The molecular formula is C48H31N3O2. The number of hydrogen-bond donors (Lipinski definition) is 0. The summed E-state index contributed by atoms with van der Waals surface area (Å²) >= 11 is 0. The first-order valence-corrected chi connectivity index (χ1v) is 17.9. The predicted molar refractivity (Wildman–Crippen MR) is 214 cm³/mol. The Balaban J connectivity index is 1.04. The van der Waals surface area contributed by atoms with Gasteiger partial charge in [-0.1, -0.05) is 123 Å². The van der Waals surface area contributed by atoms with Crippen LogP contribution in [0.5, 0.6) is 0 Å². The molecule has 0 fully saturated rings. The van der Waals surface area contributed by atoms with E-state index < -0.39 is 0 Å². The molecule has 1 aliphatic carbocycles. The molecule has 0 amide bonds. The molecule has 5 heteroatoms. The zero-order valence-electron chi connectivity index (χ0n) is 29.1. The smallest absolute Gasteiger partial charge is 0.164 e. The second-order valence-electron chi connectivity index (χ2n) is 14.4. The lowest BCUT2D eigenvalue weighted by Gasteiger charge is -2.22. The molecule has 11 rings (SSSR count). The molecule has 0 atom stereocenters. The van der Waals surface area contributed by atoms with Gasteiger partial charge < -0.3 is 8.83 Å². The summed E-state index contributed by atoms with van der Waals surface area (Å²) < 4.78 is 12.5. The number of fused-ring (bicyclic) bond motifs is 9. The lowest BCUT2D eigenvalue weighted by Crippen LogP contribution is -2.15. The standard InChI is InChI=1S/C48H31N3O2/c1-48(2)38-25-30(22-23-32(38)36-27-43-37(26-39(36)48)33-16-6-8-19-40(33)53-43)29-14-10-15-31(24-29)46-49-45(28-12-4-3-5-13-28)50-47(51-46)35-18-11-21-42-44(35)34-17-7-9-20-41(34)52-42/h3-27H,1-2H3. The van der Waals surface area contributed by atoms with Gasteiger partial charge in [0.15, 0.2) is 17.5 Å². The Kier molecular flexibility index (Phi) is 6.23. The van der Waals surface area contributed by atoms with Crippen LogP contribution in [0.15, 0.2) is 160 Å². The first-order valence-electron chi connectivity index (χ1n) is 17.9. The molecule has 0 aliphatic heterocycles. The van der Waals surface area contributed by atoms with Crippen molar-refractivity contribution in [1.29, 1.82) is 0 Å². The van der Waals surface area contributed by atoms with Crippen LogP contribution in [0.4, 0.5) is 0 Å². The number of benzene rings is 7. The Morgan fingerprint density at radius 2 is 0.981 bits per heavy atom. The molecule has 0 bridgehead atoms. The molecule has 1 aliphatic rings. The van der Waals surface area contributed by atoms with E-state index >= 15 is 0 Å². The van der Waals surface area contributed by atoms with E-state index in [2.05, 4.69) is 92.7 Å². The highest BCUT2D eigenvalue weighted by Gasteiger charge is 2.36. The number of furan rings is 2. The molecule has 0 N–H and O–H groups in total. The molecule has 0 saturated heterocycles.